The second-order valence-electron chi connectivity index (χ2n) is 7.62. The van der Waals surface area contributed by atoms with Crippen molar-refractivity contribution in [3.8, 4) is 5.75 Å². The molecule has 1 atom stereocenters. The van der Waals surface area contributed by atoms with E-state index < -0.39 is 6.04 Å². The van der Waals surface area contributed by atoms with Gasteiger partial charge in [0.15, 0.2) is 0 Å². The van der Waals surface area contributed by atoms with Crippen LogP contribution in [0.15, 0.2) is 42.5 Å². The second kappa shape index (κ2) is 9.59. The summed E-state index contributed by atoms with van der Waals surface area (Å²) in [4.78, 5) is 26.4. The molecule has 0 fully saturated rings. The van der Waals surface area contributed by atoms with E-state index in [1.807, 2.05) is 49.4 Å². The Bertz CT molecular complexity index is 861. The lowest BCUT2D eigenvalue weighted by atomic mass is 10.1. The zero-order valence-corrected chi connectivity index (χ0v) is 17.5. The molecule has 2 aromatic carbocycles. The van der Waals surface area contributed by atoms with Crippen LogP contribution in [-0.4, -0.2) is 18.4 Å². The SMILES string of the molecule is CCCCCCOc1ccc(CN2C(=O)C(NC(C)=O)c3cccc(C)c32)cc1. The van der Waals surface area contributed by atoms with Crippen LogP contribution in [0.1, 0.15) is 62.3 Å². The lowest BCUT2D eigenvalue weighted by Gasteiger charge is -2.20. The van der Waals surface area contributed by atoms with Gasteiger partial charge in [0.05, 0.1) is 18.8 Å². The average Bonchev–Trinajstić information content (AvgIpc) is 2.95. The summed E-state index contributed by atoms with van der Waals surface area (Å²) >= 11 is 0. The van der Waals surface area contributed by atoms with Gasteiger partial charge in [-0.15, -0.1) is 0 Å². The zero-order valence-electron chi connectivity index (χ0n) is 17.5. The molecule has 1 aliphatic heterocycles. The monoisotopic (exact) mass is 394 g/mol. The molecule has 1 aliphatic rings. The molecule has 2 aromatic rings. The third-order valence-electron chi connectivity index (χ3n) is 5.24. The van der Waals surface area contributed by atoms with Crippen molar-refractivity contribution < 1.29 is 14.3 Å². The van der Waals surface area contributed by atoms with Crippen LogP contribution in [0.3, 0.4) is 0 Å². The number of nitrogens with one attached hydrogen (secondary N) is 1. The van der Waals surface area contributed by atoms with Crippen LogP contribution in [0.4, 0.5) is 5.69 Å². The van der Waals surface area contributed by atoms with Crippen molar-refractivity contribution in [1.29, 1.82) is 0 Å². The maximum Gasteiger partial charge on any atom is 0.254 e. The molecule has 29 heavy (non-hydrogen) atoms. The predicted molar refractivity (Wildman–Crippen MR) is 115 cm³/mol. The number of amides is 2. The van der Waals surface area contributed by atoms with Gasteiger partial charge in [0, 0.05) is 12.5 Å². The first kappa shape index (κ1) is 20.9. The van der Waals surface area contributed by atoms with Crippen molar-refractivity contribution >= 4 is 17.5 Å². The summed E-state index contributed by atoms with van der Waals surface area (Å²) < 4.78 is 5.81. The highest BCUT2D eigenvalue weighted by Gasteiger charge is 2.38. The number of nitrogens with zero attached hydrogens (tertiary/aromatic N) is 1. The third kappa shape index (κ3) is 4.97. The molecule has 1 unspecified atom stereocenters. The Morgan fingerprint density at radius 3 is 2.55 bits per heavy atom. The topological polar surface area (TPSA) is 58.6 Å². The summed E-state index contributed by atoms with van der Waals surface area (Å²) in [5.41, 5.74) is 3.80. The van der Waals surface area contributed by atoms with E-state index in [4.69, 9.17) is 4.74 Å². The highest BCUT2D eigenvalue weighted by Crippen LogP contribution is 2.39. The molecule has 0 aliphatic carbocycles. The maximum atomic E-state index is 13.0. The Labute approximate surface area is 173 Å². The van der Waals surface area contributed by atoms with Crippen molar-refractivity contribution in [2.45, 2.75) is 59.0 Å². The Kier molecular flexibility index (Phi) is 6.91. The highest BCUT2D eigenvalue weighted by molar-refractivity contribution is 6.06. The summed E-state index contributed by atoms with van der Waals surface area (Å²) in [6.45, 7) is 6.82. The van der Waals surface area contributed by atoms with Gasteiger partial charge in [-0.25, -0.2) is 0 Å². The number of aryl methyl sites for hydroxylation is 1. The minimum absolute atomic E-state index is 0.0965. The van der Waals surface area contributed by atoms with Crippen molar-refractivity contribution in [1.82, 2.24) is 5.32 Å². The summed E-state index contributed by atoms with van der Waals surface area (Å²) in [6.07, 6.45) is 4.72. The highest BCUT2D eigenvalue weighted by atomic mass is 16.5. The molecule has 0 saturated carbocycles. The van der Waals surface area contributed by atoms with Crippen LogP contribution >= 0.6 is 0 Å². The van der Waals surface area contributed by atoms with E-state index in [2.05, 4.69) is 12.2 Å². The van der Waals surface area contributed by atoms with Gasteiger partial charge >= 0.3 is 0 Å². The summed E-state index contributed by atoms with van der Waals surface area (Å²) in [6, 6.07) is 13.1. The molecule has 0 saturated heterocycles. The fourth-order valence-electron chi connectivity index (χ4n) is 3.77. The Morgan fingerprint density at radius 1 is 1.10 bits per heavy atom. The molecular formula is C24H30N2O3. The van der Waals surface area contributed by atoms with Gasteiger partial charge in [0.1, 0.15) is 11.8 Å². The van der Waals surface area contributed by atoms with Gasteiger partial charge in [-0.05, 0) is 36.6 Å². The summed E-state index contributed by atoms with van der Waals surface area (Å²) in [5, 5.41) is 2.79. The van der Waals surface area contributed by atoms with Crippen LogP contribution in [0.5, 0.6) is 5.75 Å². The zero-order chi connectivity index (χ0) is 20.8. The smallest absolute Gasteiger partial charge is 0.254 e. The van der Waals surface area contributed by atoms with Crippen molar-refractivity contribution in [2.75, 3.05) is 11.5 Å². The van der Waals surface area contributed by atoms with E-state index in [1.54, 1.807) is 4.90 Å². The fraction of sp³-hybridized carbons (Fsp3) is 0.417. The fourth-order valence-corrected chi connectivity index (χ4v) is 3.77. The van der Waals surface area contributed by atoms with Gasteiger partial charge < -0.3 is 15.0 Å². The second-order valence-corrected chi connectivity index (χ2v) is 7.62. The van der Waals surface area contributed by atoms with Crippen molar-refractivity contribution in [3.05, 3.63) is 59.2 Å². The number of anilines is 1. The van der Waals surface area contributed by atoms with E-state index in [9.17, 15) is 9.59 Å². The van der Waals surface area contributed by atoms with Crippen LogP contribution in [-0.2, 0) is 16.1 Å². The number of hydrogen-bond donors (Lipinski definition) is 1. The molecule has 1 heterocycles. The first-order valence-electron chi connectivity index (χ1n) is 10.4. The average molecular weight is 395 g/mol. The first-order chi connectivity index (χ1) is 14.0. The quantitative estimate of drug-likeness (QED) is 0.628. The third-order valence-corrected chi connectivity index (χ3v) is 5.24. The molecule has 0 bridgehead atoms. The van der Waals surface area contributed by atoms with Crippen molar-refractivity contribution in [3.63, 3.8) is 0 Å². The molecule has 2 amide bonds. The van der Waals surface area contributed by atoms with Crippen LogP contribution < -0.4 is 15.0 Å². The Morgan fingerprint density at radius 2 is 1.86 bits per heavy atom. The van der Waals surface area contributed by atoms with Crippen LogP contribution in [0.25, 0.3) is 0 Å². The van der Waals surface area contributed by atoms with Gasteiger partial charge in [0.25, 0.3) is 5.91 Å². The first-order valence-corrected chi connectivity index (χ1v) is 10.4. The molecule has 3 rings (SSSR count). The number of rotatable bonds is 9. The van der Waals surface area contributed by atoms with Crippen LogP contribution in [0.2, 0.25) is 0 Å². The number of benzene rings is 2. The van der Waals surface area contributed by atoms with Gasteiger partial charge in [0.2, 0.25) is 5.91 Å². The summed E-state index contributed by atoms with van der Waals surface area (Å²) in [5.74, 6) is 0.546. The number of para-hydroxylation sites is 1. The normalized spacial score (nSPS) is 15.3. The molecule has 1 N–H and O–H groups in total. The maximum absolute atomic E-state index is 13.0. The van der Waals surface area contributed by atoms with E-state index in [1.165, 1.54) is 26.2 Å². The number of carbonyl (C=O) groups is 2. The standard InChI is InChI=1S/C24H30N2O3/c1-4-5-6-7-15-29-20-13-11-19(12-14-20)16-26-23-17(2)9-8-10-21(23)22(24(26)28)25-18(3)27/h8-14,22H,4-7,15-16H2,1-3H3,(H,25,27). The predicted octanol–water partition coefficient (Wildman–Crippen LogP) is 4.68. The number of hydrogen-bond acceptors (Lipinski definition) is 3. The molecular weight excluding hydrogens is 364 g/mol. The molecule has 0 spiro atoms. The van der Waals surface area contributed by atoms with E-state index >= 15 is 0 Å². The minimum atomic E-state index is -0.617. The van der Waals surface area contributed by atoms with Gasteiger partial charge in [-0.3, -0.25) is 9.59 Å². The lowest BCUT2D eigenvalue weighted by molar-refractivity contribution is -0.126. The van der Waals surface area contributed by atoms with Gasteiger partial charge in [-0.1, -0.05) is 56.5 Å². The molecule has 0 radical (unpaired) electrons. The molecule has 5 heteroatoms. The van der Waals surface area contributed by atoms with E-state index in [-0.39, 0.29) is 11.8 Å². The van der Waals surface area contributed by atoms with Gasteiger partial charge in [-0.2, -0.15) is 0 Å². The molecule has 0 aromatic heterocycles. The largest absolute Gasteiger partial charge is 0.494 e. The van der Waals surface area contributed by atoms with Crippen molar-refractivity contribution in [2.24, 2.45) is 0 Å². The number of carbonyl (C=O) groups excluding carboxylic acids is 2. The summed E-state index contributed by atoms with van der Waals surface area (Å²) in [7, 11) is 0. The molecule has 154 valence electrons. The number of ether oxygens (including phenoxy) is 1. The Balaban J connectivity index is 1.70. The lowest BCUT2D eigenvalue weighted by Crippen LogP contribution is -2.36. The van der Waals surface area contributed by atoms with E-state index in [0.717, 1.165) is 41.2 Å². The number of unbranched alkanes of at least 4 members (excludes halogenated alkanes) is 3. The minimum Gasteiger partial charge on any atom is -0.494 e. The van der Waals surface area contributed by atoms with Crippen LogP contribution in [0, 0.1) is 6.92 Å². The number of fused-ring (bicyclic) bond motifs is 1. The Hall–Kier alpha value is -2.82. The van der Waals surface area contributed by atoms with E-state index in [0.29, 0.717) is 6.54 Å². The molecule has 5 nitrogen and oxygen atoms in total.